The Labute approximate surface area is 176 Å². The van der Waals surface area contributed by atoms with Gasteiger partial charge in [-0.2, -0.15) is 0 Å². The standard InChI is InChI=1S/C22H26ClN3O3/c23-19-8-4-5-9-20(19)29-18-12-10-17(11-13-18)25-21(27)14-15-24-22(28)26-16-6-2-1-3-7-16/h4-5,8-13,16H,1-3,6-7,14-15H2,(H,25,27)(H2,24,26,28). The van der Waals surface area contributed by atoms with E-state index in [4.69, 9.17) is 16.3 Å². The van der Waals surface area contributed by atoms with Crippen molar-refractivity contribution >= 4 is 29.2 Å². The summed E-state index contributed by atoms with van der Waals surface area (Å²) < 4.78 is 5.72. The number of hydrogen-bond acceptors (Lipinski definition) is 3. The minimum Gasteiger partial charge on any atom is -0.456 e. The zero-order valence-electron chi connectivity index (χ0n) is 16.2. The lowest BCUT2D eigenvalue weighted by Gasteiger charge is -2.22. The highest BCUT2D eigenvalue weighted by molar-refractivity contribution is 6.32. The molecule has 0 unspecified atom stereocenters. The number of carbonyl (C=O) groups excluding carboxylic acids is 2. The maximum absolute atomic E-state index is 12.1. The maximum atomic E-state index is 12.1. The van der Waals surface area contributed by atoms with E-state index in [1.54, 1.807) is 36.4 Å². The van der Waals surface area contributed by atoms with Gasteiger partial charge in [-0.3, -0.25) is 4.79 Å². The third-order valence-corrected chi connectivity index (χ3v) is 5.09. The first-order valence-electron chi connectivity index (χ1n) is 9.97. The lowest BCUT2D eigenvalue weighted by atomic mass is 9.96. The van der Waals surface area contributed by atoms with E-state index in [1.165, 1.54) is 6.42 Å². The third kappa shape index (κ3) is 6.98. The van der Waals surface area contributed by atoms with Crippen LogP contribution in [0.15, 0.2) is 48.5 Å². The van der Waals surface area contributed by atoms with Gasteiger partial charge in [-0.25, -0.2) is 4.79 Å². The van der Waals surface area contributed by atoms with Gasteiger partial charge < -0.3 is 20.7 Å². The molecule has 3 rings (SSSR count). The average molecular weight is 416 g/mol. The third-order valence-electron chi connectivity index (χ3n) is 4.78. The first kappa shape index (κ1) is 21.0. The first-order valence-corrected chi connectivity index (χ1v) is 10.3. The number of halogens is 1. The molecule has 1 aliphatic carbocycles. The van der Waals surface area contributed by atoms with E-state index in [-0.39, 0.29) is 30.9 Å². The van der Waals surface area contributed by atoms with Gasteiger partial charge in [0.15, 0.2) is 0 Å². The summed E-state index contributed by atoms with van der Waals surface area (Å²) in [6.07, 6.45) is 5.84. The Balaban J connectivity index is 1.38. The lowest BCUT2D eigenvalue weighted by Crippen LogP contribution is -2.43. The SMILES string of the molecule is O=C(CCNC(=O)NC1CCCCC1)Nc1ccc(Oc2ccccc2Cl)cc1. The van der Waals surface area contributed by atoms with Crippen LogP contribution in [0.3, 0.4) is 0 Å². The quantitative estimate of drug-likeness (QED) is 0.589. The van der Waals surface area contributed by atoms with Gasteiger partial charge in [0.25, 0.3) is 0 Å². The fraction of sp³-hybridized carbons (Fsp3) is 0.364. The molecule has 1 saturated carbocycles. The molecule has 0 atom stereocenters. The van der Waals surface area contributed by atoms with Gasteiger partial charge in [-0.05, 0) is 49.2 Å². The van der Waals surface area contributed by atoms with Crippen molar-refractivity contribution in [3.63, 3.8) is 0 Å². The largest absolute Gasteiger partial charge is 0.456 e. The second-order valence-corrected chi connectivity index (χ2v) is 7.50. The van der Waals surface area contributed by atoms with Crippen LogP contribution < -0.4 is 20.7 Å². The van der Waals surface area contributed by atoms with Crippen molar-refractivity contribution in [2.24, 2.45) is 0 Å². The number of hydrogen-bond donors (Lipinski definition) is 3. The highest BCUT2D eigenvalue weighted by Crippen LogP contribution is 2.29. The first-order chi connectivity index (χ1) is 14.1. The second-order valence-electron chi connectivity index (χ2n) is 7.09. The van der Waals surface area contributed by atoms with Gasteiger partial charge in [-0.15, -0.1) is 0 Å². The molecule has 7 heteroatoms. The molecule has 3 amide bonds. The summed E-state index contributed by atoms with van der Waals surface area (Å²) in [6.45, 7) is 0.290. The lowest BCUT2D eigenvalue weighted by molar-refractivity contribution is -0.116. The fourth-order valence-electron chi connectivity index (χ4n) is 3.26. The Morgan fingerprint density at radius 3 is 2.45 bits per heavy atom. The normalized spacial score (nSPS) is 14.1. The van der Waals surface area contributed by atoms with Crippen molar-refractivity contribution in [2.45, 2.75) is 44.6 Å². The molecular weight excluding hydrogens is 390 g/mol. The van der Waals surface area contributed by atoms with Gasteiger partial charge in [-0.1, -0.05) is 43.0 Å². The Hall–Kier alpha value is -2.73. The number of ether oxygens (including phenoxy) is 1. The Morgan fingerprint density at radius 2 is 1.72 bits per heavy atom. The van der Waals surface area contributed by atoms with Crippen molar-refractivity contribution in [3.8, 4) is 11.5 Å². The molecule has 0 bridgehead atoms. The summed E-state index contributed by atoms with van der Waals surface area (Å²) in [5.74, 6) is 1.03. The fourth-order valence-corrected chi connectivity index (χ4v) is 3.43. The van der Waals surface area contributed by atoms with Crippen LogP contribution in [0, 0.1) is 0 Å². The molecule has 0 heterocycles. The monoisotopic (exact) mass is 415 g/mol. The number of carbonyl (C=O) groups is 2. The zero-order valence-corrected chi connectivity index (χ0v) is 17.0. The molecule has 2 aromatic carbocycles. The predicted molar refractivity (Wildman–Crippen MR) is 115 cm³/mol. The van der Waals surface area contributed by atoms with Crippen molar-refractivity contribution in [1.29, 1.82) is 0 Å². The molecule has 3 N–H and O–H groups in total. The molecule has 0 spiro atoms. The molecule has 0 aromatic heterocycles. The van der Waals surface area contributed by atoms with Gasteiger partial charge >= 0.3 is 6.03 Å². The van der Waals surface area contributed by atoms with E-state index in [2.05, 4.69) is 16.0 Å². The number of anilines is 1. The Kier molecular flexibility index (Phi) is 7.76. The Bertz CT molecular complexity index is 820. The number of para-hydroxylation sites is 1. The topological polar surface area (TPSA) is 79.5 Å². The molecular formula is C22H26ClN3O3. The van der Waals surface area contributed by atoms with Crippen LogP contribution in [0.2, 0.25) is 5.02 Å². The van der Waals surface area contributed by atoms with Crippen molar-refractivity contribution in [3.05, 3.63) is 53.6 Å². The van der Waals surface area contributed by atoms with Crippen molar-refractivity contribution < 1.29 is 14.3 Å². The van der Waals surface area contributed by atoms with E-state index >= 15 is 0 Å². The van der Waals surface area contributed by atoms with Crippen LogP contribution in [0.4, 0.5) is 10.5 Å². The number of amides is 3. The van der Waals surface area contributed by atoms with E-state index in [9.17, 15) is 9.59 Å². The maximum Gasteiger partial charge on any atom is 0.315 e. The van der Waals surface area contributed by atoms with Crippen molar-refractivity contribution in [2.75, 3.05) is 11.9 Å². The number of urea groups is 1. The summed E-state index contributed by atoms with van der Waals surface area (Å²) in [5, 5.41) is 9.05. The summed E-state index contributed by atoms with van der Waals surface area (Å²) in [7, 11) is 0. The molecule has 154 valence electrons. The molecule has 29 heavy (non-hydrogen) atoms. The molecule has 0 radical (unpaired) electrons. The molecule has 6 nitrogen and oxygen atoms in total. The molecule has 1 fully saturated rings. The number of nitrogens with one attached hydrogen (secondary N) is 3. The summed E-state index contributed by atoms with van der Waals surface area (Å²) in [6, 6.07) is 14.3. The van der Waals surface area contributed by atoms with Crippen LogP contribution in [0.25, 0.3) is 0 Å². The van der Waals surface area contributed by atoms with Crippen LogP contribution in [-0.2, 0) is 4.79 Å². The second kappa shape index (κ2) is 10.7. The van der Waals surface area contributed by atoms with E-state index < -0.39 is 0 Å². The van der Waals surface area contributed by atoms with Gasteiger partial charge in [0.05, 0.1) is 5.02 Å². The van der Waals surface area contributed by atoms with Crippen LogP contribution in [0.5, 0.6) is 11.5 Å². The van der Waals surface area contributed by atoms with Gasteiger partial charge in [0.1, 0.15) is 11.5 Å². The minimum absolute atomic E-state index is 0.164. The molecule has 2 aromatic rings. The summed E-state index contributed by atoms with van der Waals surface area (Å²) in [4.78, 5) is 24.0. The van der Waals surface area contributed by atoms with Crippen molar-refractivity contribution in [1.82, 2.24) is 10.6 Å². The highest BCUT2D eigenvalue weighted by Gasteiger charge is 2.15. The number of benzene rings is 2. The minimum atomic E-state index is -0.203. The highest BCUT2D eigenvalue weighted by atomic mass is 35.5. The molecule has 0 aliphatic heterocycles. The zero-order chi connectivity index (χ0) is 20.5. The van der Waals surface area contributed by atoms with Gasteiger partial charge in [0.2, 0.25) is 5.91 Å². The van der Waals surface area contributed by atoms with Crippen LogP contribution in [-0.4, -0.2) is 24.5 Å². The summed E-state index contributed by atoms with van der Waals surface area (Å²) >= 11 is 6.08. The molecule has 0 saturated heterocycles. The Morgan fingerprint density at radius 1 is 1.00 bits per heavy atom. The van der Waals surface area contributed by atoms with E-state index in [0.29, 0.717) is 22.2 Å². The summed E-state index contributed by atoms with van der Waals surface area (Å²) in [5.41, 5.74) is 0.660. The smallest absolute Gasteiger partial charge is 0.315 e. The van der Waals surface area contributed by atoms with E-state index in [0.717, 1.165) is 25.7 Å². The average Bonchev–Trinajstić information content (AvgIpc) is 2.72. The predicted octanol–water partition coefficient (Wildman–Crippen LogP) is 5.09. The number of rotatable bonds is 7. The van der Waals surface area contributed by atoms with Gasteiger partial charge in [0, 0.05) is 24.7 Å². The van der Waals surface area contributed by atoms with Crippen LogP contribution in [0.1, 0.15) is 38.5 Å². The van der Waals surface area contributed by atoms with Crippen LogP contribution >= 0.6 is 11.6 Å². The molecule has 1 aliphatic rings. The van der Waals surface area contributed by atoms with E-state index in [1.807, 2.05) is 12.1 Å².